The van der Waals surface area contributed by atoms with Gasteiger partial charge in [-0.25, -0.2) is 9.42 Å². The highest BCUT2D eigenvalue weighted by Gasteiger charge is 2.32. The Morgan fingerprint density at radius 1 is 1.30 bits per heavy atom. The molecule has 9 heteroatoms. The number of aromatic nitrogens is 4. The van der Waals surface area contributed by atoms with E-state index in [0.717, 1.165) is 49.8 Å². The lowest BCUT2D eigenvalue weighted by Crippen LogP contribution is -2.47. The number of hydrogen-bond donors (Lipinski definition) is 0. The predicted molar refractivity (Wildman–Crippen MR) is 80.9 cm³/mol. The third kappa shape index (κ3) is 2.46. The summed E-state index contributed by atoms with van der Waals surface area (Å²) in [6.07, 6.45) is 3.73. The summed E-state index contributed by atoms with van der Waals surface area (Å²) < 4.78 is 6.67. The van der Waals surface area contributed by atoms with Gasteiger partial charge in [0.1, 0.15) is 11.4 Å². The van der Waals surface area contributed by atoms with E-state index in [9.17, 15) is 4.79 Å². The summed E-state index contributed by atoms with van der Waals surface area (Å²) >= 11 is 0. The predicted octanol–water partition coefficient (Wildman–Crippen LogP) is 0.503. The van der Waals surface area contributed by atoms with Crippen molar-refractivity contribution in [3.05, 3.63) is 23.8 Å². The fourth-order valence-corrected chi connectivity index (χ4v) is 3.00. The zero-order valence-corrected chi connectivity index (χ0v) is 13.2. The number of nitrogens with zero attached hydrogens (tertiary/aromatic N) is 7. The van der Waals surface area contributed by atoms with Crippen LogP contribution in [0.3, 0.4) is 0 Å². The molecule has 0 aliphatic carbocycles. The number of likely N-dealkylation sites (N-methyl/N-ethyl adjacent to an activating group) is 1. The minimum atomic E-state index is 0.0359. The van der Waals surface area contributed by atoms with Crippen LogP contribution in [0.15, 0.2) is 17.0 Å². The first-order valence-corrected chi connectivity index (χ1v) is 7.69. The van der Waals surface area contributed by atoms with Crippen LogP contribution in [-0.2, 0) is 6.54 Å². The largest absolute Gasteiger partial charge is 0.326 e. The summed E-state index contributed by atoms with van der Waals surface area (Å²) in [5, 5.41) is 12.1. The standard InChI is InChI=1S/C14H19N7O2/c1-10-13(17-23-16-10)9-19-6-12(7-19)21-8-11(5-15-21)20-4-3-18(2)14(20)22/h5,8,12H,3-4,6-7,9H2,1-2H3. The number of carbonyl (C=O) groups excluding carboxylic acids is 1. The number of carbonyl (C=O) groups is 1. The van der Waals surface area contributed by atoms with Crippen molar-refractivity contribution in [2.75, 3.05) is 38.1 Å². The second-order valence-electron chi connectivity index (χ2n) is 6.18. The van der Waals surface area contributed by atoms with Gasteiger partial charge in [-0.2, -0.15) is 5.10 Å². The van der Waals surface area contributed by atoms with Gasteiger partial charge in [0, 0.05) is 46.0 Å². The van der Waals surface area contributed by atoms with E-state index in [1.165, 1.54) is 0 Å². The van der Waals surface area contributed by atoms with Gasteiger partial charge < -0.3 is 4.90 Å². The van der Waals surface area contributed by atoms with Gasteiger partial charge in [0.15, 0.2) is 0 Å². The monoisotopic (exact) mass is 317 g/mol. The summed E-state index contributed by atoms with van der Waals surface area (Å²) in [5.74, 6) is 0. The maximum atomic E-state index is 12.0. The summed E-state index contributed by atoms with van der Waals surface area (Å²) in [4.78, 5) is 17.8. The highest BCUT2D eigenvalue weighted by Crippen LogP contribution is 2.26. The summed E-state index contributed by atoms with van der Waals surface area (Å²) in [6, 6.07) is 0.369. The number of amides is 2. The topological polar surface area (TPSA) is 83.5 Å². The maximum Gasteiger partial charge on any atom is 0.324 e. The van der Waals surface area contributed by atoms with Crippen LogP contribution in [-0.4, -0.2) is 69.2 Å². The molecule has 2 aromatic rings. The number of hydrogen-bond acceptors (Lipinski definition) is 6. The molecule has 122 valence electrons. The van der Waals surface area contributed by atoms with Gasteiger partial charge in [0.25, 0.3) is 0 Å². The van der Waals surface area contributed by atoms with Crippen molar-refractivity contribution in [3.63, 3.8) is 0 Å². The Labute approximate surface area is 133 Å². The maximum absolute atomic E-state index is 12.0. The van der Waals surface area contributed by atoms with Gasteiger partial charge in [-0.1, -0.05) is 10.3 Å². The molecule has 0 bridgehead atoms. The zero-order chi connectivity index (χ0) is 16.0. The van der Waals surface area contributed by atoms with E-state index >= 15 is 0 Å². The lowest BCUT2D eigenvalue weighted by atomic mass is 10.1. The van der Waals surface area contributed by atoms with Crippen molar-refractivity contribution >= 4 is 11.7 Å². The van der Waals surface area contributed by atoms with E-state index in [0.29, 0.717) is 6.04 Å². The molecule has 0 saturated carbocycles. The average Bonchev–Trinajstić information content (AvgIpc) is 3.18. The molecule has 0 spiro atoms. The Bertz CT molecular complexity index is 718. The minimum absolute atomic E-state index is 0.0359. The second-order valence-corrected chi connectivity index (χ2v) is 6.18. The molecule has 0 N–H and O–H groups in total. The molecular weight excluding hydrogens is 298 g/mol. The quantitative estimate of drug-likeness (QED) is 0.817. The van der Waals surface area contributed by atoms with Crippen LogP contribution in [0.25, 0.3) is 0 Å². The lowest BCUT2D eigenvalue weighted by molar-refractivity contribution is 0.0880. The van der Waals surface area contributed by atoms with E-state index < -0.39 is 0 Å². The van der Waals surface area contributed by atoms with Crippen molar-refractivity contribution < 1.29 is 9.42 Å². The smallest absolute Gasteiger partial charge is 0.324 e. The van der Waals surface area contributed by atoms with Crippen LogP contribution >= 0.6 is 0 Å². The molecule has 4 heterocycles. The fraction of sp³-hybridized carbons (Fsp3) is 0.571. The average molecular weight is 317 g/mol. The van der Waals surface area contributed by atoms with Crippen LogP contribution < -0.4 is 4.90 Å². The Hall–Kier alpha value is -2.42. The van der Waals surface area contributed by atoms with Crippen molar-refractivity contribution in [3.8, 4) is 0 Å². The van der Waals surface area contributed by atoms with E-state index in [-0.39, 0.29) is 6.03 Å². The Kier molecular flexibility index (Phi) is 3.29. The molecule has 4 rings (SSSR count). The number of aryl methyl sites for hydroxylation is 1. The third-order valence-corrected chi connectivity index (χ3v) is 4.55. The number of anilines is 1. The first-order valence-electron chi connectivity index (χ1n) is 7.69. The molecule has 2 aliphatic heterocycles. The van der Waals surface area contributed by atoms with Gasteiger partial charge in [0.05, 0.1) is 17.9 Å². The molecule has 2 saturated heterocycles. The zero-order valence-electron chi connectivity index (χ0n) is 13.2. The van der Waals surface area contributed by atoms with Crippen molar-refractivity contribution in [2.24, 2.45) is 0 Å². The van der Waals surface area contributed by atoms with Crippen LogP contribution in [0, 0.1) is 6.92 Å². The molecule has 2 fully saturated rings. The molecule has 2 aromatic heterocycles. The first kappa shape index (κ1) is 14.2. The van der Waals surface area contributed by atoms with Crippen molar-refractivity contribution in [1.82, 2.24) is 29.9 Å². The summed E-state index contributed by atoms with van der Waals surface area (Å²) in [5.41, 5.74) is 2.59. The highest BCUT2D eigenvalue weighted by molar-refractivity contribution is 5.93. The van der Waals surface area contributed by atoms with E-state index in [2.05, 4.69) is 20.3 Å². The molecule has 2 amide bonds. The van der Waals surface area contributed by atoms with E-state index in [1.54, 1.807) is 16.0 Å². The van der Waals surface area contributed by atoms with Crippen LogP contribution in [0.1, 0.15) is 17.4 Å². The van der Waals surface area contributed by atoms with Gasteiger partial charge in [-0.3, -0.25) is 14.5 Å². The second kappa shape index (κ2) is 5.34. The Morgan fingerprint density at radius 3 is 2.78 bits per heavy atom. The van der Waals surface area contributed by atoms with Gasteiger partial charge in [-0.05, 0) is 6.92 Å². The highest BCUT2D eigenvalue weighted by atomic mass is 16.6. The van der Waals surface area contributed by atoms with E-state index in [1.807, 2.05) is 24.9 Å². The molecule has 0 atom stereocenters. The van der Waals surface area contributed by atoms with Crippen LogP contribution in [0.4, 0.5) is 10.5 Å². The molecule has 0 unspecified atom stereocenters. The fourth-order valence-electron chi connectivity index (χ4n) is 3.00. The summed E-state index contributed by atoms with van der Waals surface area (Å²) in [7, 11) is 1.82. The van der Waals surface area contributed by atoms with Crippen LogP contribution in [0.5, 0.6) is 0 Å². The normalized spacial score (nSPS) is 19.7. The molecule has 9 nitrogen and oxygen atoms in total. The summed E-state index contributed by atoms with van der Waals surface area (Å²) in [6.45, 7) is 5.92. The van der Waals surface area contributed by atoms with Crippen molar-refractivity contribution in [1.29, 1.82) is 0 Å². The number of likely N-dealkylation sites (tertiary alicyclic amines) is 1. The van der Waals surface area contributed by atoms with Gasteiger partial charge >= 0.3 is 6.03 Å². The van der Waals surface area contributed by atoms with Crippen LogP contribution in [0.2, 0.25) is 0 Å². The van der Waals surface area contributed by atoms with E-state index in [4.69, 9.17) is 4.63 Å². The molecule has 0 aromatic carbocycles. The van der Waals surface area contributed by atoms with Crippen molar-refractivity contribution in [2.45, 2.75) is 19.5 Å². The van der Waals surface area contributed by atoms with Gasteiger partial charge in [-0.15, -0.1) is 0 Å². The third-order valence-electron chi connectivity index (χ3n) is 4.55. The molecule has 0 radical (unpaired) electrons. The molecule has 2 aliphatic rings. The Balaban J connectivity index is 1.36. The minimum Gasteiger partial charge on any atom is -0.326 e. The van der Waals surface area contributed by atoms with Gasteiger partial charge in [0.2, 0.25) is 0 Å². The molecule has 23 heavy (non-hydrogen) atoms. The lowest BCUT2D eigenvalue weighted by Gasteiger charge is -2.38. The number of urea groups is 1. The number of rotatable bonds is 4. The first-order chi connectivity index (χ1) is 11.1. The Morgan fingerprint density at radius 2 is 2.13 bits per heavy atom. The SMILES string of the molecule is Cc1nonc1CN1CC(n2cc(N3CCN(C)C3=O)cn2)C1. The molecular formula is C14H19N7O2.